The molecule has 1 N–H and O–H groups in total. The minimum Gasteiger partial charge on any atom is -0.406 e. The summed E-state index contributed by atoms with van der Waals surface area (Å²) >= 11 is 0. The Morgan fingerprint density at radius 2 is 1.90 bits per heavy atom. The van der Waals surface area contributed by atoms with Gasteiger partial charge in [0.25, 0.3) is 0 Å². The predicted molar refractivity (Wildman–Crippen MR) is 78.2 cm³/mol. The summed E-state index contributed by atoms with van der Waals surface area (Å²) in [5, 5.41) is 3.40. The maximum atomic E-state index is 12.1. The summed E-state index contributed by atoms with van der Waals surface area (Å²) in [4.78, 5) is 0. The lowest BCUT2D eigenvalue weighted by Crippen LogP contribution is -2.22. The van der Waals surface area contributed by atoms with Crippen molar-refractivity contribution in [2.75, 3.05) is 6.54 Å². The monoisotopic (exact) mass is 301 g/mol. The van der Waals surface area contributed by atoms with Crippen LogP contribution in [0.1, 0.15) is 44.7 Å². The predicted octanol–water partition coefficient (Wildman–Crippen LogP) is 4.98. The van der Waals surface area contributed by atoms with E-state index in [9.17, 15) is 13.2 Å². The molecule has 0 aromatic heterocycles. The summed E-state index contributed by atoms with van der Waals surface area (Å²) in [7, 11) is 0. The van der Waals surface area contributed by atoms with Gasteiger partial charge in [0, 0.05) is 6.04 Å². The highest BCUT2D eigenvalue weighted by atomic mass is 19.4. The van der Waals surface area contributed by atoms with Crippen LogP contribution in [0.5, 0.6) is 5.75 Å². The molecule has 0 heterocycles. The van der Waals surface area contributed by atoms with Crippen molar-refractivity contribution in [1.82, 2.24) is 5.32 Å². The number of ether oxygens (including phenoxy) is 1. The van der Waals surface area contributed by atoms with Gasteiger partial charge >= 0.3 is 6.36 Å². The van der Waals surface area contributed by atoms with E-state index in [2.05, 4.69) is 23.6 Å². The molecule has 0 fully saturated rings. The molecular formula is C16H22F3NO. The smallest absolute Gasteiger partial charge is 0.406 e. The van der Waals surface area contributed by atoms with Crippen LogP contribution in [0, 0.1) is 0 Å². The molecule has 5 heteroatoms. The molecule has 1 unspecified atom stereocenters. The Labute approximate surface area is 124 Å². The maximum absolute atomic E-state index is 12.1. The number of hydrogen-bond donors (Lipinski definition) is 1. The highest BCUT2D eigenvalue weighted by Gasteiger charge is 2.31. The SMILES string of the molecule is C=C(C)CCC(NCCC)c1ccc(OC(F)(F)F)cc1. The van der Waals surface area contributed by atoms with Crippen molar-refractivity contribution in [3.05, 3.63) is 42.0 Å². The molecule has 1 aromatic carbocycles. The first-order chi connectivity index (χ1) is 9.81. The van der Waals surface area contributed by atoms with E-state index in [0.717, 1.165) is 36.9 Å². The van der Waals surface area contributed by atoms with Gasteiger partial charge in [-0.2, -0.15) is 0 Å². The van der Waals surface area contributed by atoms with E-state index in [-0.39, 0.29) is 11.8 Å². The van der Waals surface area contributed by atoms with E-state index in [1.807, 2.05) is 6.92 Å². The molecule has 1 rings (SSSR count). The van der Waals surface area contributed by atoms with Gasteiger partial charge in [-0.3, -0.25) is 0 Å². The zero-order valence-corrected chi connectivity index (χ0v) is 12.5. The molecule has 0 aliphatic heterocycles. The fourth-order valence-corrected chi connectivity index (χ4v) is 2.00. The molecular weight excluding hydrogens is 279 g/mol. The minimum atomic E-state index is -4.65. The molecule has 0 bridgehead atoms. The van der Waals surface area contributed by atoms with Crippen LogP contribution in [0.15, 0.2) is 36.4 Å². The van der Waals surface area contributed by atoms with Crippen LogP contribution < -0.4 is 10.1 Å². The standard InChI is InChI=1S/C16H22F3NO/c1-4-11-20-15(10-5-12(2)3)13-6-8-14(9-7-13)21-16(17,18)19/h6-9,15,20H,2,4-5,10-11H2,1,3H3. The summed E-state index contributed by atoms with van der Waals surface area (Å²) in [5.41, 5.74) is 2.05. The van der Waals surface area contributed by atoms with Crippen LogP contribution in [0.3, 0.4) is 0 Å². The Morgan fingerprint density at radius 1 is 1.29 bits per heavy atom. The molecule has 21 heavy (non-hydrogen) atoms. The average molecular weight is 301 g/mol. The van der Waals surface area contributed by atoms with Crippen molar-refractivity contribution in [1.29, 1.82) is 0 Å². The van der Waals surface area contributed by atoms with E-state index < -0.39 is 6.36 Å². The molecule has 118 valence electrons. The highest BCUT2D eigenvalue weighted by molar-refractivity contribution is 5.29. The first-order valence-electron chi connectivity index (χ1n) is 7.05. The van der Waals surface area contributed by atoms with Crippen molar-refractivity contribution in [3.8, 4) is 5.75 Å². The quantitative estimate of drug-likeness (QED) is 0.684. The Balaban J connectivity index is 2.74. The van der Waals surface area contributed by atoms with Gasteiger partial charge in [0.05, 0.1) is 0 Å². The van der Waals surface area contributed by atoms with Crippen LogP contribution in [0.2, 0.25) is 0 Å². The molecule has 0 radical (unpaired) electrons. The topological polar surface area (TPSA) is 21.3 Å². The highest BCUT2D eigenvalue weighted by Crippen LogP contribution is 2.26. The average Bonchev–Trinajstić information content (AvgIpc) is 2.38. The van der Waals surface area contributed by atoms with Gasteiger partial charge in [-0.25, -0.2) is 0 Å². The van der Waals surface area contributed by atoms with Gasteiger partial charge in [-0.15, -0.1) is 19.8 Å². The molecule has 1 atom stereocenters. The number of hydrogen-bond acceptors (Lipinski definition) is 2. The third kappa shape index (κ3) is 7.18. The fraction of sp³-hybridized carbons (Fsp3) is 0.500. The van der Waals surface area contributed by atoms with Gasteiger partial charge in [-0.1, -0.05) is 24.6 Å². The van der Waals surface area contributed by atoms with Crippen LogP contribution in [0.25, 0.3) is 0 Å². The zero-order valence-electron chi connectivity index (χ0n) is 12.5. The lowest BCUT2D eigenvalue weighted by molar-refractivity contribution is -0.274. The first kappa shape index (κ1) is 17.6. The van der Waals surface area contributed by atoms with Crippen LogP contribution in [-0.4, -0.2) is 12.9 Å². The van der Waals surface area contributed by atoms with Crippen LogP contribution in [-0.2, 0) is 0 Å². The van der Waals surface area contributed by atoms with E-state index in [1.165, 1.54) is 12.1 Å². The molecule has 0 saturated carbocycles. The van der Waals surface area contributed by atoms with Gasteiger partial charge in [0.15, 0.2) is 0 Å². The molecule has 0 spiro atoms. The molecule has 2 nitrogen and oxygen atoms in total. The summed E-state index contributed by atoms with van der Waals surface area (Å²) in [6.07, 6.45) is -1.91. The summed E-state index contributed by atoms with van der Waals surface area (Å²) in [6.45, 7) is 8.79. The van der Waals surface area contributed by atoms with Crippen molar-refractivity contribution < 1.29 is 17.9 Å². The van der Waals surface area contributed by atoms with Crippen molar-refractivity contribution >= 4 is 0 Å². The second-order valence-corrected chi connectivity index (χ2v) is 5.12. The van der Waals surface area contributed by atoms with E-state index in [4.69, 9.17) is 0 Å². The number of benzene rings is 1. The Bertz CT molecular complexity index is 440. The molecule has 0 aliphatic carbocycles. The van der Waals surface area contributed by atoms with Crippen LogP contribution >= 0.6 is 0 Å². The van der Waals surface area contributed by atoms with Gasteiger partial charge in [0.2, 0.25) is 0 Å². The number of nitrogens with one attached hydrogen (secondary N) is 1. The third-order valence-corrected chi connectivity index (χ3v) is 3.02. The van der Waals surface area contributed by atoms with Crippen molar-refractivity contribution in [2.45, 2.75) is 45.5 Å². The second kappa shape index (κ2) is 8.08. The van der Waals surface area contributed by atoms with E-state index in [0.29, 0.717) is 0 Å². The Morgan fingerprint density at radius 3 is 2.38 bits per heavy atom. The fourth-order valence-electron chi connectivity index (χ4n) is 2.00. The number of alkyl halides is 3. The van der Waals surface area contributed by atoms with E-state index >= 15 is 0 Å². The number of halogens is 3. The minimum absolute atomic E-state index is 0.113. The van der Waals surface area contributed by atoms with Gasteiger partial charge in [-0.05, 0) is 50.4 Å². The Hall–Kier alpha value is -1.49. The molecule has 0 saturated heterocycles. The second-order valence-electron chi connectivity index (χ2n) is 5.12. The zero-order chi connectivity index (χ0) is 15.9. The number of rotatable bonds is 8. The maximum Gasteiger partial charge on any atom is 0.573 e. The largest absolute Gasteiger partial charge is 0.573 e. The molecule has 0 amide bonds. The molecule has 0 aliphatic rings. The summed E-state index contributed by atoms with van der Waals surface area (Å²) in [5.74, 6) is -0.194. The van der Waals surface area contributed by atoms with E-state index in [1.54, 1.807) is 12.1 Å². The lowest BCUT2D eigenvalue weighted by Gasteiger charge is -2.19. The number of allylic oxidation sites excluding steroid dienone is 1. The molecule has 1 aromatic rings. The Kier molecular flexibility index (Phi) is 6.75. The summed E-state index contributed by atoms with van der Waals surface area (Å²) < 4.78 is 40.3. The van der Waals surface area contributed by atoms with Crippen molar-refractivity contribution in [2.24, 2.45) is 0 Å². The third-order valence-electron chi connectivity index (χ3n) is 3.02. The van der Waals surface area contributed by atoms with Gasteiger partial charge < -0.3 is 10.1 Å². The lowest BCUT2D eigenvalue weighted by atomic mass is 9.99. The normalized spacial score (nSPS) is 13.0. The van der Waals surface area contributed by atoms with Gasteiger partial charge in [0.1, 0.15) is 5.75 Å². The first-order valence-corrected chi connectivity index (χ1v) is 7.05. The van der Waals surface area contributed by atoms with Crippen molar-refractivity contribution in [3.63, 3.8) is 0 Å². The van der Waals surface area contributed by atoms with Crippen LogP contribution in [0.4, 0.5) is 13.2 Å². The summed E-state index contributed by atoms with van der Waals surface area (Å²) in [6, 6.07) is 6.16.